The van der Waals surface area contributed by atoms with Crippen LogP contribution >= 0.6 is 0 Å². The molecule has 4 rings (SSSR count). The fourth-order valence-corrected chi connectivity index (χ4v) is 2.78. The van der Waals surface area contributed by atoms with Crippen LogP contribution in [0.4, 0.5) is 14.7 Å². The number of amides is 1. The summed E-state index contributed by atoms with van der Waals surface area (Å²) in [5, 5.41) is 2.67. The highest BCUT2D eigenvalue weighted by atomic mass is 19.1. The maximum absolute atomic E-state index is 13.4. The van der Waals surface area contributed by atoms with Gasteiger partial charge in [-0.25, -0.2) is 13.8 Å². The van der Waals surface area contributed by atoms with Gasteiger partial charge >= 0.3 is 0 Å². The number of imidazole rings is 1. The first kappa shape index (κ1) is 16.0. The predicted octanol–water partition coefficient (Wildman–Crippen LogP) is 4.36. The summed E-state index contributed by atoms with van der Waals surface area (Å²) >= 11 is 0. The number of anilines is 1. The normalized spacial score (nSPS) is 11.0. The second kappa shape index (κ2) is 6.11. The van der Waals surface area contributed by atoms with Gasteiger partial charge in [0.05, 0.1) is 17.3 Å². The van der Waals surface area contributed by atoms with Crippen molar-refractivity contribution >= 4 is 22.9 Å². The average molecular weight is 353 g/mol. The van der Waals surface area contributed by atoms with E-state index in [0.29, 0.717) is 22.2 Å². The van der Waals surface area contributed by atoms with E-state index in [4.69, 9.17) is 4.42 Å². The number of fused-ring (bicyclic) bond motifs is 1. The number of aryl methyl sites for hydroxylation is 1. The summed E-state index contributed by atoms with van der Waals surface area (Å²) in [6.07, 6.45) is 1.39. The van der Waals surface area contributed by atoms with E-state index in [1.54, 1.807) is 35.9 Å². The van der Waals surface area contributed by atoms with Crippen LogP contribution < -0.4 is 5.32 Å². The van der Waals surface area contributed by atoms with Gasteiger partial charge in [0, 0.05) is 18.7 Å². The van der Waals surface area contributed by atoms with Crippen molar-refractivity contribution in [2.45, 2.75) is 0 Å². The molecule has 0 fully saturated rings. The standard InChI is InChI=1S/C19H13F2N3O2/c1-24-16-7-6-13(21)10-15(16)22-19(24)23-18(25)17-14(8-9-26-17)11-2-4-12(20)5-3-11/h2-10H,1H3,(H,22,23,25). The zero-order valence-electron chi connectivity index (χ0n) is 13.7. The van der Waals surface area contributed by atoms with Gasteiger partial charge in [0.1, 0.15) is 11.6 Å². The first-order chi connectivity index (χ1) is 12.5. The molecular formula is C19H13F2N3O2. The molecule has 0 radical (unpaired) electrons. The van der Waals surface area contributed by atoms with Gasteiger partial charge in [0.25, 0.3) is 5.91 Å². The fraction of sp³-hybridized carbons (Fsp3) is 0.0526. The summed E-state index contributed by atoms with van der Waals surface area (Å²) in [5.74, 6) is -0.937. The second-order valence-electron chi connectivity index (χ2n) is 5.75. The average Bonchev–Trinajstić information content (AvgIpc) is 3.21. The Morgan fingerprint density at radius 1 is 1.08 bits per heavy atom. The van der Waals surface area contributed by atoms with Gasteiger partial charge in [0.2, 0.25) is 5.95 Å². The molecule has 5 nitrogen and oxygen atoms in total. The molecular weight excluding hydrogens is 340 g/mol. The number of aromatic nitrogens is 2. The van der Waals surface area contributed by atoms with Crippen LogP contribution in [0.2, 0.25) is 0 Å². The molecule has 1 N–H and O–H groups in total. The molecule has 1 amide bonds. The molecule has 26 heavy (non-hydrogen) atoms. The Kier molecular flexibility index (Phi) is 3.76. The Bertz CT molecular complexity index is 1110. The number of halogens is 2. The number of carbonyl (C=O) groups excluding carboxylic acids is 1. The monoisotopic (exact) mass is 353 g/mol. The number of hydrogen-bond acceptors (Lipinski definition) is 3. The van der Waals surface area contributed by atoms with E-state index < -0.39 is 11.7 Å². The summed E-state index contributed by atoms with van der Waals surface area (Å²) in [6, 6.07) is 11.6. The first-order valence-electron chi connectivity index (χ1n) is 7.79. The van der Waals surface area contributed by atoms with Gasteiger partial charge in [0.15, 0.2) is 5.76 Å². The molecule has 2 aromatic heterocycles. The maximum atomic E-state index is 13.4. The van der Waals surface area contributed by atoms with Crippen molar-refractivity contribution in [3.8, 4) is 11.1 Å². The summed E-state index contributed by atoms with van der Waals surface area (Å²) in [7, 11) is 1.71. The lowest BCUT2D eigenvalue weighted by Crippen LogP contribution is -2.15. The van der Waals surface area contributed by atoms with Crippen LogP contribution in [-0.4, -0.2) is 15.5 Å². The van der Waals surface area contributed by atoms with Crippen LogP contribution in [0.25, 0.3) is 22.2 Å². The Balaban J connectivity index is 1.67. The zero-order chi connectivity index (χ0) is 18.3. The molecule has 0 atom stereocenters. The molecule has 0 saturated heterocycles. The van der Waals surface area contributed by atoms with Crippen molar-refractivity contribution in [3.05, 3.63) is 72.2 Å². The Hall–Kier alpha value is -3.48. The molecule has 0 unspecified atom stereocenters. The molecule has 7 heteroatoms. The summed E-state index contributed by atoms with van der Waals surface area (Å²) in [6.45, 7) is 0. The maximum Gasteiger partial charge on any atom is 0.294 e. The van der Waals surface area contributed by atoms with Crippen molar-refractivity contribution < 1.29 is 18.0 Å². The van der Waals surface area contributed by atoms with Gasteiger partial charge in [-0.2, -0.15) is 0 Å². The number of nitrogens with one attached hydrogen (secondary N) is 1. The number of hydrogen-bond donors (Lipinski definition) is 1. The first-order valence-corrected chi connectivity index (χ1v) is 7.79. The van der Waals surface area contributed by atoms with Gasteiger partial charge in [-0.3, -0.25) is 10.1 Å². The van der Waals surface area contributed by atoms with E-state index in [-0.39, 0.29) is 17.5 Å². The third kappa shape index (κ3) is 2.73. The van der Waals surface area contributed by atoms with Crippen LogP contribution in [-0.2, 0) is 7.05 Å². The van der Waals surface area contributed by atoms with Crippen LogP contribution in [0.3, 0.4) is 0 Å². The molecule has 0 spiro atoms. The second-order valence-corrected chi connectivity index (χ2v) is 5.75. The lowest BCUT2D eigenvalue weighted by atomic mass is 10.1. The van der Waals surface area contributed by atoms with Crippen molar-refractivity contribution in [3.63, 3.8) is 0 Å². The minimum Gasteiger partial charge on any atom is -0.459 e. The number of furan rings is 1. The van der Waals surface area contributed by atoms with E-state index in [2.05, 4.69) is 10.3 Å². The number of rotatable bonds is 3. The van der Waals surface area contributed by atoms with E-state index in [1.165, 1.54) is 30.5 Å². The molecule has 2 aromatic carbocycles. The summed E-state index contributed by atoms with van der Waals surface area (Å²) in [5.41, 5.74) is 2.30. The van der Waals surface area contributed by atoms with Crippen LogP contribution in [0, 0.1) is 11.6 Å². The molecule has 0 aliphatic rings. The van der Waals surface area contributed by atoms with E-state index in [0.717, 1.165) is 0 Å². The molecule has 0 bridgehead atoms. The molecule has 4 aromatic rings. The molecule has 130 valence electrons. The van der Waals surface area contributed by atoms with E-state index >= 15 is 0 Å². The summed E-state index contributed by atoms with van der Waals surface area (Å²) in [4.78, 5) is 16.9. The van der Waals surface area contributed by atoms with Gasteiger partial charge in [-0.15, -0.1) is 0 Å². The molecule has 0 aliphatic carbocycles. The van der Waals surface area contributed by atoms with Crippen molar-refractivity contribution in [2.24, 2.45) is 7.05 Å². The zero-order valence-corrected chi connectivity index (χ0v) is 13.7. The third-order valence-electron chi connectivity index (χ3n) is 4.09. The largest absolute Gasteiger partial charge is 0.459 e. The molecule has 2 heterocycles. The minimum atomic E-state index is -0.506. The minimum absolute atomic E-state index is 0.0786. The van der Waals surface area contributed by atoms with Crippen LogP contribution in [0.1, 0.15) is 10.6 Å². The van der Waals surface area contributed by atoms with E-state index in [9.17, 15) is 13.6 Å². The highest BCUT2D eigenvalue weighted by Gasteiger charge is 2.19. The third-order valence-corrected chi connectivity index (χ3v) is 4.09. The number of carbonyl (C=O) groups is 1. The SMILES string of the molecule is Cn1c(NC(=O)c2occc2-c2ccc(F)cc2)nc2cc(F)ccc21. The van der Waals surface area contributed by atoms with Gasteiger partial charge < -0.3 is 8.98 Å². The van der Waals surface area contributed by atoms with Crippen LogP contribution in [0.5, 0.6) is 0 Å². The predicted molar refractivity (Wildman–Crippen MR) is 92.7 cm³/mol. The lowest BCUT2D eigenvalue weighted by molar-refractivity contribution is 0.0996. The molecule has 0 aliphatic heterocycles. The Morgan fingerprint density at radius 2 is 1.81 bits per heavy atom. The highest BCUT2D eigenvalue weighted by Crippen LogP contribution is 2.26. The van der Waals surface area contributed by atoms with Gasteiger partial charge in [-0.1, -0.05) is 12.1 Å². The highest BCUT2D eigenvalue weighted by molar-refractivity contribution is 6.06. The number of nitrogens with zero attached hydrogens (tertiary/aromatic N) is 2. The fourth-order valence-electron chi connectivity index (χ4n) is 2.78. The Labute approximate surface area is 146 Å². The molecule has 0 saturated carbocycles. The quantitative estimate of drug-likeness (QED) is 0.595. The smallest absolute Gasteiger partial charge is 0.294 e. The number of benzene rings is 2. The van der Waals surface area contributed by atoms with Crippen molar-refractivity contribution in [1.29, 1.82) is 0 Å². The van der Waals surface area contributed by atoms with Gasteiger partial charge in [-0.05, 0) is 35.9 Å². The van der Waals surface area contributed by atoms with Crippen LogP contribution in [0.15, 0.2) is 59.2 Å². The van der Waals surface area contributed by atoms with Crippen molar-refractivity contribution in [2.75, 3.05) is 5.32 Å². The van der Waals surface area contributed by atoms with E-state index in [1.807, 2.05) is 0 Å². The lowest BCUT2D eigenvalue weighted by Gasteiger charge is -2.05. The Morgan fingerprint density at radius 3 is 2.58 bits per heavy atom. The topological polar surface area (TPSA) is 60.1 Å². The van der Waals surface area contributed by atoms with Crippen molar-refractivity contribution in [1.82, 2.24) is 9.55 Å². The summed E-state index contributed by atoms with van der Waals surface area (Å²) < 4.78 is 33.4.